The van der Waals surface area contributed by atoms with E-state index >= 15 is 0 Å². The van der Waals surface area contributed by atoms with Crippen LogP contribution in [0, 0.1) is 5.82 Å². The van der Waals surface area contributed by atoms with Crippen LogP contribution >= 0.6 is 12.4 Å². The number of hydrogen-bond donors (Lipinski definition) is 0. The standard InChI is InChI=1S/C17H18F4N2O.ClH/c18-15-9-13-11-22-5-1-12(13)10-16(15)24-14-2-6-23(7-3-14)8-4-17(19,20)21;/h1,5,9-11,14H,2-4,6-8H2;1H. The maximum Gasteiger partial charge on any atom is 0.390 e. The minimum atomic E-state index is -4.13. The van der Waals surface area contributed by atoms with E-state index in [1.165, 1.54) is 6.07 Å². The van der Waals surface area contributed by atoms with E-state index in [0.29, 0.717) is 31.3 Å². The molecule has 0 aliphatic carbocycles. The fraction of sp³-hybridized carbons (Fsp3) is 0.471. The van der Waals surface area contributed by atoms with Gasteiger partial charge < -0.3 is 9.64 Å². The molecule has 0 N–H and O–H groups in total. The predicted molar refractivity (Wildman–Crippen MR) is 89.7 cm³/mol. The van der Waals surface area contributed by atoms with Crippen molar-refractivity contribution in [2.75, 3.05) is 19.6 Å². The van der Waals surface area contributed by atoms with Gasteiger partial charge in [-0.05, 0) is 36.4 Å². The third-order valence-corrected chi connectivity index (χ3v) is 4.23. The SMILES string of the molecule is Cl.Fc1cc2cnccc2cc1OC1CCN(CCC(F)(F)F)CC1. The largest absolute Gasteiger partial charge is 0.487 e. The number of fused-ring (bicyclic) bond motifs is 1. The van der Waals surface area contributed by atoms with Crippen LogP contribution in [0.5, 0.6) is 5.75 Å². The quantitative estimate of drug-likeness (QED) is 0.727. The topological polar surface area (TPSA) is 25.4 Å². The molecule has 3 nitrogen and oxygen atoms in total. The Bertz CT molecular complexity index is 703. The van der Waals surface area contributed by atoms with E-state index in [2.05, 4.69) is 4.98 Å². The first-order chi connectivity index (χ1) is 11.4. The molecule has 2 heterocycles. The summed E-state index contributed by atoms with van der Waals surface area (Å²) >= 11 is 0. The van der Waals surface area contributed by atoms with Crippen molar-refractivity contribution in [3.05, 3.63) is 36.4 Å². The van der Waals surface area contributed by atoms with Crippen molar-refractivity contribution in [3.8, 4) is 5.75 Å². The van der Waals surface area contributed by atoms with E-state index in [4.69, 9.17) is 4.74 Å². The third-order valence-electron chi connectivity index (χ3n) is 4.23. The van der Waals surface area contributed by atoms with Gasteiger partial charge in [0, 0.05) is 37.4 Å². The second-order valence-corrected chi connectivity index (χ2v) is 6.03. The van der Waals surface area contributed by atoms with Crippen LogP contribution in [-0.4, -0.2) is 41.8 Å². The summed E-state index contributed by atoms with van der Waals surface area (Å²) in [5, 5.41) is 1.54. The monoisotopic (exact) mass is 378 g/mol. The first-order valence-corrected chi connectivity index (χ1v) is 7.90. The van der Waals surface area contributed by atoms with Gasteiger partial charge in [0.25, 0.3) is 0 Å². The van der Waals surface area contributed by atoms with Gasteiger partial charge in [-0.25, -0.2) is 4.39 Å². The summed E-state index contributed by atoms with van der Waals surface area (Å²) in [6, 6.07) is 4.81. The number of piperidine rings is 1. The second kappa shape index (κ2) is 8.19. The summed E-state index contributed by atoms with van der Waals surface area (Å²) < 4.78 is 56.6. The second-order valence-electron chi connectivity index (χ2n) is 6.03. The Balaban J connectivity index is 0.00000225. The lowest BCUT2D eigenvalue weighted by atomic mass is 10.1. The van der Waals surface area contributed by atoms with Gasteiger partial charge in [0.1, 0.15) is 6.10 Å². The molecule has 1 saturated heterocycles. The minimum absolute atomic E-state index is 0. The molecule has 8 heteroatoms. The Hall–Kier alpha value is -1.60. The molecular weight excluding hydrogens is 360 g/mol. The first kappa shape index (κ1) is 19.7. The lowest BCUT2D eigenvalue weighted by Gasteiger charge is -2.32. The molecular formula is C17H19ClF4N2O. The van der Waals surface area contributed by atoms with Crippen LogP contribution in [0.1, 0.15) is 19.3 Å². The van der Waals surface area contributed by atoms with E-state index < -0.39 is 18.4 Å². The van der Waals surface area contributed by atoms with Crippen molar-refractivity contribution in [3.63, 3.8) is 0 Å². The molecule has 0 amide bonds. The summed E-state index contributed by atoms with van der Waals surface area (Å²) in [6.07, 6.45) is -0.717. The highest BCUT2D eigenvalue weighted by molar-refractivity contribution is 5.85. The zero-order valence-corrected chi connectivity index (χ0v) is 14.2. The molecule has 3 rings (SSSR count). The van der Waals surface area contributed by atoms with Crippen LogP contribution in [-0.2, 0) is 0 Å². The molecule has 1 aromatic heterocycles. The Morgan fingerprint density at radius 2 is 1.88 bits per heavy atom. The molecule has 2 aromatic rings. The zero-order valence-electron chi connectivity index (χ0n) is 13.4. The van der Waals surface area contributed by atoms with Gasteiger partial charge in [0.15, 0.2) is 11.6 Å². The van der Waals surface area contributed by atoms with Crippen molar-refractivity contribution in [2.45, 2.75) is 31.5 Å². The molecule has 25 heavy (non-hydrogen) atoms. The number of rotatable bonds is 4. The number of pyridine rings is 1. The molecule has 0 radical (unpaired) electrons. The van der Waals surface area contributed by atoms with Gasteiger partial charge >= 0.3 is 6.18 Å². The molecule has 1 fully saturated rings. The van der Waals surface area contributed by atoms with Crippen LogP contribution in [0.15, 0.2) is 30.6 Å². The zero-order chi connectivity index (χ0) is 17.2. The molecule has 0 spiro atoms. The third kappa shape index (κ3) is 5.44. The molecule has 1 aliphatic rings. The number of likely N-dealkylation sites (tertiary alicyclic amines) is 1. The van der Waals surface area contributed by atoms with E-state index in [-0.39, 0.29) is 30.8 Å². The van der Waals surface area contributed by atoms with Gasteiger partial charge in [0.2, 0.25) is 0 Å². The predicted octanol–water partition coefficient (Wildman–Crippen LogP) is 4.59. The Kier molecular flexibility index (Phi) is 6.46. The van der Waals surface area contributed by atoms with E-state index in [9.17, 15) is 17.6 Å². The number of halogens is 5. The molecule has 0 unspecified atom stereocenters. The van der Waals surface area contributed by atoms with Crippen molar-refractivity contribution < 1.29 is 22.3 Å². The van der Waals surface area contributed by atoms with Gasteiger partial charge in [-0.3, -0.25) is 4.98 Å². The molecule has 0 atom stereocenters. The van der Waals surface area contributed by atoms with Crippen LogP contribution in [0.4, 0.5) is 17.6 Å². The maximum atomic E-state index is 14.1. The number of aromatic nitrogens is 1. The van der Waals surface area contributed by atoms with E-state index in [1.807, 2.05) is 0 Å². The van der Waals surface area contributed by atoms with Gasteiger partial charge in [-0.1, -0.05) is 0 Å². The fourth-order valence-corrected chi connectivity index (χ4v) is 2.89. The minimum Gasteiger partial charge on any atom is -0.487 e. The number of ether oxygens (including phenoxy) is 1. The number of benzene rings is 1. The summed E-state index contributed by atoms with van der Waals surface area (Å²) in [6.45, 7) is 1.06. The fourth-order valence-electron chi connectivity index (χ4n) is 2.89. The lowest BCUT2D eigenvalue weighted by molar-refractivity contribution is -0.138. The summed E-state index contributed by atoms with van der Waals surface area (Å²) in [5.41, 5.74) is 0. The Morgan fingerprint density at radius 1 is 1.16 bits per heavy atom. The average Bonchev–Trinajstić information content (AvgIpc) is 2.54. The normalized spacial score (nSPS) is 16.6. The molecule has 138 valence electrons. The van der Waals surface area contributed by atoms with Crippen molar-refractivity contribution >= 4 is 23.2 Å². The summed E-state index contributed by atoms with van der Waals surface area (Å²) in [5.74, 6) is -0.266. The van der Waals surface area contributed by atoms with Crippen LogP contribution < -0.4 is 4.74 Å². The Labute approximate surface area is 149 Å². The van der Waals surface area contributed by atoms with Crippen LogP contribution in [0.3, 0.4) is 0 Å². The highest BCUT2D eigenvalue weighted by Gasteiger charge is 2.29. The van der Waals surface area contributed by atoms with Crippen molar-refractivity contribution in [2.24, 2.45) is 0 Å². The van der Waals surface area contributed by atoms with Crippen molar-refractivity contribution in [1.29, 1.82) is 0 Å². The smallest absolute Gasteiger partial charge is 0.390 e. The summed E-state index contributed by atoms with van der Waals surface area (Å²) in [4.78, 5) is 5.72. The number of alkyl halides is 3. The van der Waals surface area contributed by atoms with E-state index in [1.54, 1.807) is 29.4 Å². The van der Waals surface area contributed by atoms with Gasteiger partial charge in [-0.15, -0.1) is 12.4 Å². The molecule has 1 aliphatic heterocycles. The van der Waals surface area contributed by atoms with Crippen LogP contribution in [0.2, 0.25) is 0 Å². The number of nitrogens with zero attached hydrogens (tertiary/aromatic N) is 2. The van der Waals surface area contributed by atoms with Crippen molar-refractivity contribution in [1.82, 2.24) is 9.88 Å². The summed E-state index contributed by atoms with van der Waals surface area (Å²) in [7, 11) is 0. The van der Waals surface area contributed by atoms with E-state index in [0.717, 1.165) is 5.39 Å². The number of hydrogen-bond acceptors (Lipinski definition) is 3. The van der Waals surface area contributed by atoms with Gasteiger partial charge in [-0.2, -0.15) is 13.2 Å². The first-order valence-electron chi connectivity index (χ1n) is 7.90. The maximum absolute atomic E-state index is 14.1. The average molecular weight is 379 g/mol. The van der Waals surface area contributed by atoms with Gasteiger partial charge in [0.05, 0.1) is 6.42 Å². The molecule has 1 aromatic carbocycles. The molecule has 0 saturated carbocycles. The highest BCUT2D eigenvalue weighted by atomic mass is 35.5. The van der Waals surface area contributed by atoms with Crippen LogP contribution in [0.25, 0.3) is 10.8 Å². The highest BCUT2D eigenvalue weighted by Crippen LogP contribution is 2.27. The molecule has 0 bridgehead atoms. The lowest BCUT2D eigenvalue weighted by Crippen LogP contribution is -2.39. The Morgan fingerprint density at radius 3 is 2.56 bits per heavy atom.